The molecule has 102 valence electrons. The van der Waals surface area contributed by atoms with Crippen LogP contribution in [0.25, 0.3) is 0 Å². The number of nitrogens with zero attached hydrogens (tertiary/aromatic N) is 1. The predicted octanol–water partition coefficient (Wildman–Crippen LogP) is 3.40. The zero-order valence-electron chi connectivity index (χ0n) is 12.3. The Bertz CT molecular complexity index is 195. The highest BCUT2D eigenvalue weighted by atomic mass is 15.2. The number of hydrogen-bond acceptors (Lipinski definition) is 2. The van der Waals surface area contributed by atoms with E-state index in [1.807, 2.05) is 0 Å². The zero-order chi connectivity index (χ0) is 12.9. The summed E-state index contributed by atoms with van der Waals surface area (Å²) in [6, 6.07) is 0.765. The SMILES string of the molecule is CCC1CCC(N(C)C(CC)(CC)CN)CC1. The van der Waals surface area contributed by atoms with Gasteiger partial charge < -0.3 is 5.73 Å². The molecule has 0 aromatic rings. The molecule has 0 saturated heterocycles. The van der Waals surface area contributed by atoms with Crippen LogP contribution in [0.5, 0.6) is 0 Å². The molecule has 17 heavy (non-hydrogen) atoms. The molecular formula is C15H32N2. The maximum atomic E-state index is 6.05. The van der Waals surface area contributed by atoms with E-state index >= 15 is 0 Å². The van der Waals surface area contributed by atoms with E-state index in [-0.39, 0.29) is 5.54 Å². The van der Waals surface area contributed by atoms with Gasteiger partial charge in [0, 0.05) is 18.1 Å². The van der Waals surface area contributed by atoms with E-state index in [1.165, 1.54) is 44.9 Å². The van der Waals surface area contributed by atoms with Gasteiger partial charge in [-0.2, -0.15) is 0 Å². The summed E-state index contributed by atoms with van der Waals surface area (Å²) in [6.45, 7) is 7.69. The van der Waals surface area contributed by atoms with Gasteiger partial charge in [0.05, 0.1) is 0 Å². The van der Waals surface area contributed by atoms with Crippen molar-refractivity contribution in [2.75, 3.05) is 13.6 Å². The molecule has 0 aliphatic heterocycles. The van der Waals surface area contributed by atoms with Crippen LogP contribution in [0.4, 0.5) is 0 Å². The molecule has 0 bridgehead atoms. The van der Waals surface area contributed by atoms with Gasteiger partial charge in [0.15, 0.2) is 0 Å². The fraction of sp³-hybridized carbons (Fsp3) is 1.00. The fourth-order valence-corrected chi connectivity index (χ4v) is 3.51. The van der Waals surface area contributed by atoms with Gasteiger partial charge in [0.2, 0.25) is 0 Å². The molecule has 2 heteroatoms. The topological polar surface area (TPSA) is 29.3 Å². The third-order valence-electron chi connectivity index (χ3n) is 5.39. The van der Waals surface area contributed by atoms with Crippen LogP contribution in [-0.2, 0) is 0 Å². The third kappa shape index (κ3) is 3.23. The minimum atomic E-state index is 0.240. The van der Waals surface area contributed by atoms with Crippen molar-refractivity contribution in [3.05, 3.63) is 0 Å². The first-order chi connectivity index (χ1) is 8.13. The van der Waals surface area contributed by atoms with Crippen LogP contribution in [0.3, 0.4) is 0 Å². The second-order valence-corrected chi connectivity index (χ2v) is 5.83. The lowest BCUT2D eigenvalue weighted by atomic mass is 9.81. The van der Waals surface area contributed by atoms with Gasteiger partial charge in [-0.25, -0.2) is 0 Å². The van der Waals surface area contributed by atoms with Crippen molar-refractivity contribution in [3.8, 4) is 0 Å². The molecule has 0 aromatic heterocycles. The number of nitrogens with two attached hydrogens (primary N) is 1. The van der Waals surface area contributed by atoms with Gasteiger partial charge in [0.1, 0.15) is 0 Å². The minimum Gasteiger partial charge on any atom is -0.329 e. The summed E-state index contributed by atoms with van der Waals surface area (Å²) in [5, 5.41) is 0. The van der Waals surface area contributed by atoms with Crippen LogP contribution in [0, 0.1) is 5.92 Å². The average molecular weight is 240 g/mol. The van der Waals surface area contributed by atoms with Gasteiger partial charge in [-0.05, 0) is 51.5 Å². The molecule has 0 atom stereocenters. The Morgan fingerprint density at radius 1 is 1.06 bits per heavy atom. The van der Waals surface area contributed by atoms with E-state index in [0.29, 0.717) is 0 Å². The van der Waals surface area contributed by atoms with E-state index in [4.69, 9.17) is 5.73 Å². The summed E-state index contributed by atoms with van der Waals surface area (Å²) < 4.78 is 0. The minimum absolute atomic E-state index is 0.240. The Labute approximate surface area is 108 Å². The van der Waals surface area contributed by atoms with Gasteiger partial charge in [-0.3, -0.25) is 4.90 Å². The van der Waals surface area contributed by atoms with Gasteiger partial charge in [-0.1, -0.05) is 27.2 Å². The van der Waals surface area contributed by atoms with Gasteiger partial charge >= 0.3 is 0 Å². The quantitative estimate of drug-likeness (QED) is 0.771. The highest BCUT2D eigenvalue weighted by Gasteiger charge is 2.35. The summed E-state index contributed by atoms with van der Waals surface area (Å²) in [7, 11) is 2.30. The maximum absolute atomic E-state index is 6.05. The summed E-state index contributed by atoms with van der Waals surface area (Å²) in [4.78, 5) is 2.61. The second kappa shape index (κ2) is 6.75. The average Bonchev–Trinajstić information content (AvgIpc) is 2.41. The van der Waals surface area contributed by atoms with Crippen molar-refractivity contribution in [1.82, 2.24) is 4.90 Å². The van der Waals surface area contributed by atoms with Crippen molar-refractivity contribution < 1.29 is 0 Å². The molecule has 1 fully saturated rings. The fourth-order valence-electron chi connectivity index (χ4n) is 3.51. The molecule has 1 rings (SSSR count). The first-order valence-electron chi connectivity index (χ1n) is 7.56. The Balaban J connectivity index is 2.60. The van der Waals surface area contributed by atoms with E-state index in [9.17, 15) is 0 Å². The summed E-state index contributed by atoms with van der Waals surface area (Å²) in [5.74, 6) is 0.982. The lowest BCUT2D eigenvalue weighted by molar-refractivity contribution is 0.0423. The first-order valence-corrected chi connectivity index (χ1v) is 7.56. The summed E-state index contributed by atoms with van der Waals surface area (Å²) in [5.41, 5.74) is 6.29. The van der Waals surface area contributed by atoms with Crippen molar-refractivity contribution >= 4 is 0 Å². The van der Waals surface area contributed by atoms with E-state index < -0.39 is 0 Å². The second-order valence-electron chi connectivity index (χ2n) is 5.83. The van der Waals surface area contributed by atoms with Gasteiger partial charge in [-0.15, -0.1) is 0 Å². The third-order valence-corrected chi connectivity index (χ3v) is 5.39. The molecule has 0 heterocycles. The van der Waals surface area contributed by atoms with Crippen LogP contribution in [-0.4, -0.2) is 30.1 Å². The molecule has 0 aromatic carbocycles. The smallest absolute Gasteiger partial charge is 0.0326 e. The van der Waals surface area contributed by atoms with E-state index in [0.717, 1.165) is 18.5 Å². The summed E-state index contributed by atoms with van der Waals surface area (Å²) >= 11 is 0. The standard InChI is InChI=1S/C15H32N2/c1-5-13-8-10-14(11-9-13)17(4)15(6-2,7-3)12-16/h13-14H,5-12,16H2,1-4H3. The van der Waals surface area contributed by atoms with Gasteiger partial charge in [0.25, 0.3) is 0 Å². The van der Waals surface area contributed by atoms with Crippen molar-refractivity contribution in [1.29, 1.82) is 0 Å². The number of likely N-dealkylation sites (N-methyl/N-ethyl adjacent to an activating group) is 1. The van der Waals surface area contributed by atoms with Crippen LogP contribution >= 0.6 is 0 Å². The normalized spacial score (nSPS) is 26.5. The Morgan fingerprint density at radius 3 is 1.94 bits per heavy atom. The predicted molar refractivity (Wildman–Crippen MR) is 76.2 cm³/mol. The Morgan fingerprint density at radius 2 is 1.59 bits per heavy atom. The molecule has 1 saturated carbocycles. The van der Waals surface area contributed by atoms with Crippen molar-refractivity contribution in [2.24, 2.45) is 11.7 Å². The number of rotatable bonds is 6. The van der Waals surface area contributed by atoms with Crippen LogP contribution in [0.1, 0.15) is 65.7 Å². The van der Waals surface area contributed by atoms with E-state index in [1.54, 1.807) is 0 Å². The lowest BCUT2D eigenvalue weighted by Gasteiger charge is -2.46. The highest BCUT2D eigenvalue weighted by molar-refractivity contribution is 4.92. The molecule has 2 nitrogen and oxygen atoms in total. The van der Waals surface area contributed by atoms with Crippen LogP contribution in [0.15, 0.2) is 0 Å². The number of hydrogen-bond donors (Lipinski definition) is 1. The van der Waals surface area contributed by atoms with E-state index in [2.05, 4.69) is 32.7 Å². The van der Waals surface area contributed by atoms with Crippen LogP contribution < -0.4 is 5.73 Å². The maximum Gasteiger partial charge on any atom is 0.0326 e. The Hall–Kier alpha value is -0.0800. The molecule has 1 aliphatic rings. The zero-order valence-corrected chi connectivity index (χ0v) is 12.3. The Kier molecular flexibility index (Phi) is 5.94. The summed E-state index contributed by atoms with van der Waals surface area (Å²) in [6.07, 6.45) is 9.28. The van der Waals surface area contributed by atoms with Crippen LogP contribution in [0.2, 0.25) is 0 Å². The first kappa shape index (κ1) is 15.0. The molecular weight excluding hydrogens is 208 g/mol. The monoisotopic (exact) mass is 240 g/mol. The lowest BCUT2D eigenvalue weighted by Crippen LogP contribution is -2.55. The largest absolute Gasteiger partial charge is 0.329 e. The van der Waals surface area contributed by atoms with Crippen molar-refractivity contribution in [3.63, 3.8) is 0 Å². The highest BCUT2D eigenvalue weighted by Crippen LogP contribution is 2.33. The molecule has 0 unspecified atom stereocenters. The molecule has 0 amide bonds. The molecule has 2 N–H and O–H groups in total. The molecule has 0 spiro atoms. The van der Waals surface area contributed by atoms with Crippen molar-refractivity contribution in [2.45, 2.75) is 77.3 Å². The molecule has 0 radical (unpaired) electrons. The molecule has 1 aliphatic carbocycles.